The molecule has 5 heteroatoms. The minimum atomic E-state index is 0.472. The number of hydrogen-bond acceptors (Lipinski definition) is 3. The van der Waals surface area contributed by atoms with Crippen LogP contribution in [-0.4, -0.2) is 14.2 Å². The maximum atomic E-state index is 6.21. The minimum Gasteiger partial charge on any atom is -0.496 e. The van der Waals surface area contributed by atoms with Crippen molar-refractivity contribution >= 4 is 27.5 Å². The molecule has 112 valence electrons. The van der Waals surface area contributed by atoms with Crippen molar-refractivity contribution in [3.8, 4) is 11.5 Å². The number of rotatable bonds is 6. The number of ether oxygens (including phenoxy) is 2. The van der Waals surface area contributed by atoms with Crippen LogP contribution in [0.25, 0.3) is 0 Å². The van der Waals surface area contributed by atoms with Gasteiger partial charge in [-0.25, -0.2) is 0 Å². The van der Waals surface area contributed by atoms with Crippen LogP contribution in [-0.2, 0) is 13.2 Å². The van der Waals surface area contributed by atoms with Crippen LogP contribution >= 0.6 is 27.5 Å². The molecule has 0 saturated heterocycles. The normalized spacial score (nSPS) is 10.5. The highest BCUT2D eigenvalue weighted by Crippen LogP contribution is 2.29. The van der Waals surface area contributed by atoms with Gasteiger partial charge in [-0.2, -0.15) is 0 Å². The van der Waals surface area contributed by atoms with Crippen molar-refractivity contribution in [2.24, 2.45) is 0 Å². The van der Waals surface area contributed by atoms with Gasteiger partial charge >= 0.3 is 0 Å². The second-order valence-electron chi connectivity index (χ2n) is 4.50. The lowest BCUT2D eigenvalue weighted by molar-refractivity contribution is 0.302. The van der Waals surface area contributed by atoms with Gasteiger partial charge in [0.2, 0.25) is 0 Å². The van der Waals surface area contributed by atoms with E-state index in [2.05, 4.69) is 21.2 Å². The lowest BCUT2D eigenvalue weighted by atomic mass is 10.2. The first-order valence-electron chi connectivity index (χ1n) is 6.53. The zero-order valence-corrected chi connectivity index (χ0v) is 14.3. The van der Waals surface area contributed by atoms with E-state index in [0.717, 1.165) is 27.1 Å². The fourth-order valence-electron chi connectivity index (χ4n) is 1.98. The smallest absolute Gasteiger partial charge is 0.133 e. The van der Waals surface area contributed by atoms with Gasteiger partial charge in [0, 0.05) is 17.1 Å². The van der Waals surface area contributed by atoms with Gasteiger partial charge in [0.1, 0.15) is 18.1 Å². The van der Waals surface area contributed by atoms with E-state index in [-0.39, 0.29) is 0 Å². The van der Waals surface area contributed by atoms with E-state index in [4.69, 9.17) is 21.1 Å². The standard InChI is InChI=1S/C16H17BrClNO2/c1-19-9-12-14(18)4-3-5-15(12)21-10-11-6-7-16(20-2)13(17)8-11/h3-8,19H,9-10H2,1-2H3. The molecule has 2 aromatic carbocycles. The Morgan fingerprint density at radius 1 is 1.19 bits per heavy atom. The number of hydrogen-bond donors (Lipinski definition) is 1. The fraction of sp³-hybridized carbons (Fsp3) is 0.250. The number of nitrogens with one attached hydrogen (secondary N) is 1. The van der Waals surface area contributed by atoms with Crippen LogP contribution in [0.2, 0.25) is 5.02 Å². The van der Waals surface area contributed by atoms with Gasteiger partial charge in [-0.05, 0) is 52.8 Å². The highest BCUT2D eigenvalue weighted by atomic mass is 79.9. The SMILES string of the molecule is CNCc1c(Cl)cccc1OCc1ccc(OC)c(Br)c1. The predicted octanol–water partition coefficient (Wildman–Crippen LogP) is 4.41. The summed E-state index contributed by atoms with van der Waals surface area (Å²) in [4.78, 5) is 0. The summed E-state index contributed by atoms with van der Waals surface area (Å²) < 4.78 is 12.0. The maximum Gasteiger partial charge on any atom is 0.133 e. The summed E-state index contributed by atoms with van der Waals surface area (Å²) in [5.41, 5.74) is 2.02. The van der Waals surface area contributed by atoms with Crippen molar-refractivity contribution in [1.29, 1.82) is 0 Å². The molecule has 3 nitrogen and oxygen atoms in total. The van der Waals surface area contributed by atoms with E-state index >= 15 is 0 Å². The Balaban J connectivity index is 2.13. The van der Waals surface area contributed by atoms with Crippen molar-refractivity contribution in [1.82, 2.24) is 5.32 Å². The molecule has 0 unspecified atom stereocenters. The molecule has 0 amide bonds. The zero-order valence-electron chi connectivity index (χ0n) is 12.0. The summed E-state index contributed by atoms with van der Waals surface area (Å²) >= 11 is 9.68. The first kappa shape index (κ1) is 16.1. The quantitative estimate of drug-likeness (QED) is 0.817. The monoisotopic (exact) mass is 369 g/mol. The maximum absolute atomic E-state index is 6.21. The van der Waals surface area contributed by atoms with Gasteiger partial charge in [-0.15, -0.1) is 0 Å². The van der Waals surface area contributed by atoms with Crippen LogP contribution in [0, 0.1) is 0 Å². The first-order chi connectivity index (χ1) is 10.2. The molecule has 0 atom stereocenters. The molecule has 0 fully saturated rings. The van der Waals surface area contributed by atoms with Crippen molar-refractivity contribution in [2.45, 2.75) is 13.2 Å². The van der Waals surface area contributed by atoms with Crippen molar-refractivity contribution in [3.63, 3.8) is 0 Å². The summed E-state index contributed by atoms with van der Waals surface area (Å²) in [7, 11) is 3.53. The molecule has 0 aliphatic heterocycles. The molecule has 1 N–H and O–H groups in total. The lowest BCUT2D eigenvalue weighted by Crippen LogP contribution is -2.08. The lowest BCUT2D eigenvalue weighted by Gasteiger charge is -2.13. The summed E-state index contributed by atoms with van der Waals surface area (Å²) in [5.74, 6) is 1.60. The molecule has 0 spiro atoms. The van der Waals surface area contributed by atoms with Crippen LogP contribution in [0.3, 0.4) is 0 Å². The zero-order chi connectivity index (χ0) is 15.2. The Kier molecular flexibility index (Phi) is 5.91. The molecule has 21 heavy (non-hydrogen) atoms. The van der Waals surface area contributed by atoms with E-state index in [1.807, 2.05) is 43.4 Å². The van der Waals surface area contributed by atoms with Crippen molar-refractivity contribution in [3.05, 3.63) is 57.0 Å². The van der Waals surface area contributed by atoms with Crippen molar-refractivity contribution < 1.29 is 9.47 Å². The molecular weight excluding hydrogens is 354 g/mol. The topological polar surface area (TPSA) is 30.5 Å². The predicted molar refractivity (Wildman–Crippen MR) is 89.2 cm³/mol. The second kappa shape index (κ2) is 7.69. The Hall–Kier alpha value is -1.23. The average Bonchev–Trinajstić information content (AvgIpc) is 2.48. The average molecular weight is 371 g/mol. The second-order valence-corrected chi connectivity index (χ2v) is 5.77. The third-order valence-electron chi connectivity index (χ3n) is 3.04. The van der Waals surface area contributed by atoms with Crippen LogP contribution in [0.1, 0.15) is 11.1 Å². The van der Waals surface area contributed by atoms with Crippen LogP contribution < -0.4 is 14.8 Å². The Morgan fingerprint density at radius 2 is 2.00 bits per heavy atom. The van der Waals surface area contributed by atoms with Gasteiger partial charge in [0.25, 0.3) is 0 Å². The van der Waals surface area contributed by atoms with Crippen molar-refractivity contribution in [2.75, 3.05) is 14.2 Å². The molecule has 0 saturated carbocycles. The highest BCUT2D eigenvalue weighted by Gasteiger charge is 2.08. The van der Waals surface area contributed by atoms with Gasteiger partial charge in [-0.3, -0.25) is 0 Å². The highest BCUT2D eigenvalue weighted by molar-refractivity contribution is 9.10. The Labute approximate surface area is 138 Å². The third-order valence-corrected chi connectivity index (χ3v) is 4.01. The molecule has 2 aromatic rings. The van der Waals surface area contributed by atoms with Crippen LogP contribution in [0.5, 0.6) is 11.5 Å². The summed E-state index contributed by atoms with van der Waals surface area (Å²) in [6, 6.07) is 11.6. The number of methoxy groups -OCH3 is 1. The molecular formula is C16H17BrClNO2. The number of benzene rings is 2. The molecule has 0 aliphatic rings. The van der Waals surface area contributed by atoms with Gasteiger partial charge in [-0.1, -0.05) is 23.7 Å². The van der Waals surface area contributed by atoms with Crippen LogP contribution in [0.4, 0.5) is 0 Å². The Morgan fingerprint density at radius 3 is 2.67 bits per heavy atom. The van der Waals surface area contributed by atoms with Gasteiger partial charge < -0.3 is 14.8 Å². The van der Waals surface area contributed by atoms with Gasteiger partial charge in [0.15, 0.2) is 0 Å². The van der Waals surface area contributed by atoms with E-state index in [0.29, 0.717) is 18.2 Å². The van der Waals surface area contributed by atoms with E-state index in [9.17, 15) is 0 Å². The van der Waals surface area contributed by atoms with E-state index in [1.54, 1.807) is 7.11 Å². The molecule has 0 aromatic heterocycles. The van der Waals surface area contributed by atoms with Gasteiger partial charge in [0.05, 0.1) is 11.6 Å². The van der Waals surface area contributed by atoms with Crippen LogP contribution in [0.15, 0.2) is 40.9 Å². The van der Waals surface area contributed by atoms with E-state index in [1.165, 1.54) is 0 Å². The molecule has 0 bridgehead atoms. The summed E-state index contributed by atoms with van der Waals surface area (Å²) in [6.07, 6.45) is 0. The molecule has 0 aliphatic carbocycles. The minimum absolute atomic E-state index is 0.472. The molecule has 2 rings (SSSR count). The largest absolute Gasteiger partial charge is 0.496 e. The van der Waals surface area contributed by atoms with E-state index < -0.39 is 0 Å². The summed E-state index contributed by atoms with van der Waals surface area (Å²) in [5, 5.41) is 3.81. The summed E-state index contributed by atoms with van der Waals surface area (Å²) in [6.45, 7) is 1.14. The Bertz CT molecular complexity index is 619. The molecule has 0 radical (unpaired) electrons. The first-order valence-corrected chi connectivity index (χ1v) is 7.70. The molecule has 0 heterocycles. The third kappa shape index (κ3) is 4.13. The fourth-order valence-corrected chi connectivity index (χ4v) is 2.80. The number of halogens is 2.